The molecule has 1 unspecified atom stereocenters. The minimum atomic E-state index is -0.0418. The van der Waals surface area contributed by atoms with Crippen molar-refractivity contribution >= 4 is 23.2 Å². The first-order chi connectivity index (χ1) is 9.67. The van der Waals surface area contributed by atoms with Crippen LogP contribution in [0.1, 0.15) is 50.5 Å². The third kappa shape index (κ3) is 3.53. The Morgan fingerprint density at radius 2 is 1.65 bits per heavy atom. The summed E-state index contributed by atoms with van der Waals surface area (Å²) in [5.41, 5.74) is 0.965. The van der Waals surface area contributed by atoms with Crippen molar-refractivity contribution in [3.05, 3.63) is 22.7 Å². The van der Waals surface area contributed by atoms with Crippen LogP contribution in [-0.4, -0.2) is 13.2 Å². The van der Waals surface area contributed by atoms with Crippen LogP contribution in [-0.2, 0) is 0 Å². The molecule has 0 aromatic heterocycles. The lowest BCUT2D eigenvalue weighted by molar-refractivity contribution is 0.287. The van der Waals surface area contributed by atoms with Gasteiger partial charge in [-0.05, 0) is 44.2 Å². The zero-order valence-electron chi connectivity index (χ0n) is 12.1. The van der Waals surface area contributed by atoms with Crippen molar-refractivity contribution in [2.75, 3.05) is 13.2 Å². The maximum atomic E-state index is 6.64. The molecule has 1 aliphatic carbocycles. The van der Waals surface area contributed by atoms with Gasteiger partial charge >= 0.3 is 0 Å². The van der Waals surface area contributed by atoms with Gasteiger partial charge in [-0.2, -0.15) is 0 Å². The first kappa shape index (κ1) is 15.8. The molecule has 1 saturated carbocycles. The van der Waals surface area contributed by atoms with Crippen molar-refractivity contribution in [1.82, 2.24) is 0 Å². The predicted molar refractivity (Wildman–Crippen MR) is 84.3 cm³/mol. The van der Waals surface area contributed by atoms with Gasteiger partial charge in [0, 0.05) is 11.1 Å². The average molecular weight is 317 g/mol. The minimum Gasteiger partial charge on any atom is -0.490 e. The number of hydrogen-bond acceptors (Lipinski definition) is 2. The van der Waals surface area contributed by atoms with E-state index in [-0.39, 0.29) is 5.38 Å². The van der Waals surface area contributed by atoms with Gasteiger partial charge < -0.3 is 9.47 Å². The second kappa shape index (κ2) is 7.42. The average Bonchev–Trinajstić information content (AvgIpc) is 2.95. The molecule has 0 amide bonds. The quantitative estimate of drug-likeness (QED) is 0.635. The molecule has 0 aliphatic heterocycles. The van der Waals surface area contributed by atoms with E-state index in [4.69, 9.17) is 32.7 Å². The molecule has 112 valence electrons. The Hall–Kier alpha value is -0.600. The Balaban J connectivity index is 2.29. The third-order valence-corrected chi connectivity index (χ3v) is 4.69. The zero-order chi connectivity index (χ0) is 14.5. The van der Waals surface area contributed by atoms with Crippen molar-refractivity contribution in [3.63, 3.8) is 0 Å². The number of hydrogen-bond donors (Lipinski definition) is 0. The van der Waals surface area contributed by atoms with Crippen LogP contribution < -0.4 is 9.47 Å². The summed E-state index contributed by atoms with van der Waals surface area (Å²) in [5.74, 6) is 1.94. The third-order valence-electron chi connectivity index (χ3n) is 3.77. The largest absolute Gasteiger partial charge is 0.490 e. The number of rotatable bonds is 6. The molecule has 1 aliphatic rings. The van der Waals surface area contributed by atoms with Gasteiger partial charge in [0.2, 0.25) is 0 Å². The SMILES string of the molecule is CCOc1cc(Cl)c(C(Cl)C2CCCC2)cc1OCC. The second-order valence-corrected chi connectivity index (χ2v) is 6.01. The van der Waals surface area contributed by atoms with Crippen LogP contribution in [0.5, 0.6) is 11.5 Å². The van der Waals surface area contributed by atoms with Crippen LogP contribution in [0.3, 0.4) is 0 Å². The lowest BCUT2D eigenvalue weighted by atomic mass is 9.97. The number of alkyl halides is 1. The van der Waals surface area contributed by atoms with E-state index in [0.29, 0.717) is 29.9 Å². The first-order valence-electron chi connectivity index (χ1n) is 7.40. The van der Waals surface area contributed by atoms with Crippen molar-refractivity contribution in [2.24, 2.45) is 5.92 Å². The number of ether oxygens (including phenoxy) is 2. The Kier molecular flexibility index (Phi) is 5.86. The molecule has 2 rings (SSSR count). The van der Waals surface area contributed by atoms with E-state index < -0.39 is 0 Å². The van der Waals surface area contributed by atoms with Gasteiger partial charge in [0.25, 0.3) is 0 Å². The molecule has 2 nitrogen and oxygen atoms in total. The highest BCUT2D eigenvalue weighted by molar-refractivity contribution is 6.33. The maximum Gasteiger partial charge on any atom is 0.162 e. The van der Waals surface area contributed by atoms with Crippen LogP contribution in [0.15, 0.2) is 12.1 Å². The summed E-state index contributed by atoms with van der Waals surface area (Å²) in [6.07, 6.45) is 4.89. The smallest absolute Gasteiger partial charge is 0.162 e. The monoisotopic (exact) mass is 316 g/mol. The second-order valence-electron chi connectivity index (χ2n) is 5.13. The molecule has 0 radical (unpaired) electrons. The molecule has 0 N–H and O–H groups in total. The Morgan fingerprint density at radius 3 is 2.20 bits per heavy atom. The molecule has 0 spiro atoms. The van der Waals surface area contributed by atoms with Gasteiger partial charge in [0.1, 0.15) is 0 Å². The van der Waals surface area contributed by atoms with E-state index in [1.807, 2.05) is 26.0 Å². The van der Waals surface area contributed by atoms with Crippen molar-refractivity contribution in [3.8, 4) is 11.5 Å². The van der Waals surface area contributed by atoms with Gasteiger partial charge in [-0.1, -0.05) is 24.4 Å². The van der Waals surface area contributed by atoms with Gasteiger partial charge in [-0.25, -0.2) is 0 Å². The number of benzene rings is 1. The molecule has 0 heterocycles. The van der Waals surface area contributed by atoms with E-state index in [9.17, 15) is 0 Å². The van der Waals surface area contributed by atoms with Crippen LogP contribution in [0.25, 0.3) is 0 Å². The predicted octanol–water partition coefficient (Wildman–Crippen LogP) is 5.61. The molecule has 1 aromatic carbocycles. The van der Waals surface area contributed by atoms with Crippen molar-refractivity contribution < 1.29 is 9.47 Å². The molecule has 1 aromatic rings. The maximum absolute atomic E-state index is 6.64. The fourth-order valence-corrected chi connectivity index (χ4v) is 3.56. The van der Waals surface area contributed by atoms with Gasteiger partial charge in [0.15, 0.2) is 11.5 Å². The molecular weight excluding hydrogens is 295 g/mol. The minimum absolute atomic E-state index is 0.0418. The van der Waals surface area contributed by atoms with E-state index in [2.05, 4.69) is 0 Å². The van der Waals surface area contributed by atoms with Gasteiger partial charge in [0.05, 0.1) is 18.6 Å². The summed E-state index contributed by atoms with van der Waals surface area (Å²) >= 11 is 13.0. The molecule has 0 bridgehead atoms. The zero-order valence-corrected chi connectivity index (χ0v) is 13.6. The van der Waals surface area contributed by atoms with Crippen LogP contribution in [0.2, 0.25) is 5.02 Å². The summed E-state index contributed by atoms with van der Waals surface area (Å²) in [7, 11) is 0. The van der Waals surface area contributed by atoms with E-state index >= 15 is 0 Å². The summed E-state index contributed by atoms with van der Waals surface area (Å²) in [6, 6.07) is 3.78. The molecule has 20 heavy (non-hydrogen) atoms. The summed E-state index contributed by atoms with van der Waals surface area (Å²) in [6.45, 7) is 5.08. The summed E-state index contributed by atoms with van der Waals surface area (Å²) < 4.78 is 11.2. The Morgan fingerprint density at radius 1 is 1.10 bits per heavy atom. The van der Waals surface area contributed by atoms with Crippen LogP contribution in [0, 0.1) is 5.92 Å². The molecule has 4 heteroatoms. The first-order valence-corrected chi connectivity index (χ1v) is 8.21. The van der Waals surface area contributed by atoms with Gasteiger partial charge in [-0.15, -0.1) is 11.6 Å². The fraction of sp³-hybridized carbons (Fsp3) is 0.625. The highest BCUT2D eigenvalue weighted by atomic mass is 35.5. The van der Waals surface area contributed by atoms with E-state index in [1.165, 1.54) is 25.7 Å². The Bertz CT molecular complexity index is 442. The van der Waals surface area contributed by atoms with Crippen LogP contribution in [0.4, 0.5) is 0 Å². The molecular formula is C16H22Cl2O2. The molecule has 1 fully saturated rings. The standard InChI is InChI=1S/C16H22Cl2O2/c1-3-19-14-9-12(13(17)10-15(14)20-4-2)16(18)11-7-5-6-8-11/h9-11,16H,3-8H2,1-2H3. The lowest BCUT2D eigenvalue weighted by Crippen LogP contribution is -2.06. The highest BCUT2D eigenvalue weighted by Gasteiger charge is 2.27. The normalized spacial score (nSPS) is 17.2. The molecule has 0 saturated heterocycles. The summed E-state index contributed by atoms with van der Waals surface area (Å²) in [4.78, 5) is 0. The summed E-state index contributed by atoms with van der Waals surface area (Å²) in [5, 5.41) is 0.628. The van der Waals surface area contributed by atoms with Crippen molar-refractivity contribution in [1.29, 1.82) is 0 Å². The lowest BCUT2D eigenvalue weighted by Gasteiger charge is -2.20. The van der Waals surface area contributed by atoms with E-state index in [1.54, 1.807) is 0 Å². The highest BCUT2D eigenvalue weighted by Crippen LogP contribution is 2.45. The van der Waals surface area contributed by atoms with Crippen LogP contribution >= 0.6 is 23.2 Å². The van der Waals surface area contributed by atoms with Crippen molar-refractivity contribution in [2.45, 2.75) is 44.9 Å². The van der Waals surface area contributed by atoms with E-state index in [0.717, 1.165) is 11.3 Å². The van der Waals surface area contributed by atoms with Gasteiger partial charge in [-0.3, -0.25) is 0 Å². The molecule has 1 atom stereocenters. The topological polar surface area (TPSA) is 18.5 Å². The fourth-order valence-electron chi connectivity index (χ4n) is 2.80. The Labute approximate surface area is 131 Å². The number of halogens is 2.